The molecular weight excluding hydrogens is 274 g/mol. The SMILES string of the molecule is Cc1ccc(C=C2C(=O)Nc3ccc(C(=O)O)cc32)s1. The van der Waals surface area contributed by atoms with E-state index in [0.717, 1.165) is 9.75 Å². The fourth-order valence-electron chi connectivity index (χ4n) is 2.14. The number of rotatable bonds is 2. The number of nitrogens with one attached hydrogen (secondary N) is 1. The topological polar surface area (TPSA) is 66.4 Å². The summed E-state index contributed by atoms with van der Waals surface area (Å²) < 4.78 is 0. The molecule has 1 aromatic heterocycles. The largest absolute Gasteiger partial charge is 0.478 e. The molecule has 3 rings (SSSR count). The highest BCUT2D eigenvalue weighted by atomic mass is 32.1. The average Bonchev–Trinajstić information content (AvgIpc) is 2.94. The molecule has 1 aliphatic rings. The van der Waals surface area contributed by atoms with Gasteiger partial charge < -0.3 is 10.4 Å². The molecule has 0 saturated carbocycles. The summed E-state index contributed by atoms with van der Waals surface area (Å²) in [5.74, 6) is -1.20. The van der Waals surface area contributed by atoms with E-state index in [1.54, 1.807) is 23.5 Å². The number of anilines is 1. The Kier molecular flexibility index (Phi) is 2.91. The third kappa shape index (κ3) is 2.12. The highest BCUT2D eigenvalue weighted by molar-refractivity contribution is 7.12. The van der Waals surface area contributed by atoms with Gasteiger partial charge in [-0.1, -0.05) is 0 Å². The molecule has 0 atom stereocenters. The molecule has 100 valence electrons. The van der Waals surface area contributed by atoms with Crippen molar-refractivity contribution in [2.75, 3.05) is 5.32 Å². The van der Waals surface area contributed by atoms with E-state index in [-0.39, 0.29) is 11.5 Å². The van der Waals surface area contributed by atoms with Crippen LogP contribution in [0.1, 0.15) is 25.7 Å². The number of carbonyl (C=O) groups excluding carboxylic acids is 1. The van der Waals surface area contributed by atoms with Crippen molar-refractivity contribution in [3.63, 3.8) is 0 Å². The molecule has 0 bridgehead atoms. The van der Waals surface area contributed by atoms with Crippen LogP contribution in [-0.4, -0.2) is 17.0 Å². The van der Waals surface area contributed by atoms with Crippen molar-refractivity contribution in [1.29, 1.82) is 0 Å². The molecule has 1 aliphatic heterocycles. The lowest BCUT2D eigenvalue weighted by molar-refractivity contribution is -0.110. The van der Waals surface area contributed by atoms with Gasteiger partial charge in [0.1, 0.15) is 0 Å². The van der Waals surface area contributed by atoms with Crippen molar-refractivity contribution in [3.05, 3.63) is 51.2 Å². The number of carboxylic acid groups (broad SMARTS) is 1. The second-order valence-corrected chi connectivity index (χ2v) is 5.85. The molecule has 2 N–H and O–H groups in total. The minimum absolute atomic E-state index is 0.175. The second-order valence-electron chi connectivity index (χ2n) is 4.53. The van der Waals surface area contributed by atoms with Gasteiger partial charge in [0.15, 0.2) is 0 Å². The Morgan fingerprint density at radius 3 is 2.75 bits per heavy atom. The first-order valence-corrected chi connectivity index (χ1v) is 6.83. The van der Waals surface area contributed by atoms with Gasteiger partial charge in [-0.2, -0.15) is 0 Å². The van der Waals surface area contributed by atoms with Crippen LogP contribution in [0.2, 0.25) is 0 Å². The number of benzene rings is 1. The zero-order chi connectivity index (χ0) is 14.3. The Morgan fingerprint density at radius 1 is 1.30 bits per heavy atom. The smallest absolute Gasteiger partial charge is 0.335 e. The first-order chi connectivity index (χ1) is 9.54. The van der Waals surface area contributed by atoms with E-state index in [4.69, 9.17) is 5.11 Å². The second kappa shape index (κ2) is 4.61. The van der Waals surface area contributed by atoms with Crippen molar-refractivity contribution < 1.29 is 14.7 Å². The van der Waals surface area contributed by atoms with Crippen molar-refractivity contribution in [2.24, 2.45) is 0 Å². The van der Waals surface area contributed by atoms with Crippen molar-refractivity contribution in [2.45, 2.75) is 6.92 Å². The first-order valence-electron chi connectivity index (χ1n) is 6.02. The molecule has 0 radical (unpaired) electrons. The number of carbonyl (C=O) groups is 2. The summed E-state index contributed by atoms with van der Waals surface area (Å²) in [6.07, 6.45) is 1.80. The Bertz CT molecular complexity index is 758. The van der Waals surface area contributed by atoms with Gasteiger partial charge in [0.2, 0.25) is 0 Å². The van der Waals surface area contributed by atoms with Crippen LogP contribution < -0.4 is 5.32 Å². The Labute approximate surface area is 119 Å². The minimum Gasteiger partial charge on any atom is -0.478 e. The molecule has 20 heavy (non-hydrogen) atoms. The molecule has 4 nitrogen and oxygen atoms in total. The fourth-order valence-corrected chi connectivity index (χ4v) is 2.96. The molecule has 0 spiro atoms. The molecule has 0 fully saturated rings. The lowest BCUT2D eigenvalue weighted by atomic mass is 10.0. The normalized spacial score (nSPS) is 15.2. The molecule has 0 saturated heterocycles. The van der Waals surface area contributed by atoms with Gasteiger partial charge in [0.05, 0.1) is 11.1 Å². The van der Waals surface area contributed by atoms with Crippen LogP contribution in [-0.2, 0) is 4.79 Å². The standard InChI is InChI=1S/C15H11NO3S/c1-8-2-4-10(20-8)7-12-11-6-9(15(18)19)3-5-13(11)16-14(12)17/h2-7H,1H3,(H,16,17)(H,18,19). The molecule has 0 unspecified atom stereocenters. The maximum atomic E-state index is 12.0. The monoisotopic (exact) mass is 285 g/mol. The summed E-state index contributed by atoms with van der Waals surface area (Å²) in [5.41, 5.74) is 1.97. The molecule has 2 heterocycles. The van der Waals surface area contributed by atoms with E-state index in [1.165, 1.54) is 12.1 Å². The van der Waals surface area contributed by atoms with Gasteiger partial charge in [-0.25, -0.2) is 4.79 Å². The number of carboxylic acids is 1. The fraction of sp³-hybridized carbons (Fsp3) is 0.0667. The number of thiophene rings is 1. The van der Waals surface area contributed by atoms with Gasteiger partial charge >= 0.3 is 5.97 Å². The van der Waals surface area contributed by atoms with Gasteiger partial charge in [0, 0.05) is 21.0 Å². The molecule has 1 amide bonds. The predicted molar refractivity (Wildman–Crippen MR) is 79.0 cm³/mol. The van der Waals surface area contributed by atoms with Crippen molar-refractivity contribution >= 4 is 40.5 Å². The molecular formula is C15H11NO3S. The molecule has 1 aromatic carbocycles. The van der Waals surface area contributed by atoms with E-state index >= 15 is 0 Å². The lowest BCUT2D eigenvalue weighted by Gasteiger charge is -2.00. The summed E-state index contributed by atoms with van der Waals surface area (Å²) >= 11 is 1.59. The zero-order valence-corrected chi connectivity index (χ0v) is 11.5. The Morgan fingerprint density at radius 2 is 2.10 bits per heavy atom. The number of aromatic carboxylic acids is 1. The summed E-state index contributed by atoms with van der Waals surface area (Å²) in [7, 11) is 0. The third-order valence-electron chi connectivity index (χ3n) is 3.10. The van der Waals surface area contributed by atoms with Crippen LogP contribution in [0.25, 0.3) is 11.6 Å². The number of hydrogen-bond donors (Lipinski definition) is 2. The van der Waals surface area contributed by atoms with Gasteiger partial charge in [-0.3, -0.25) is 4.79 Å². The van der Waals surface area contributed by atoms with Crippen LogP contribution in [0.5, 0.6) is 0 Å². The van der Waals surface area contributed by atoms with E-state index < -0.39 is 5.97 Å². The van der Waals surface area contributed by atoms with Gasteiger partial charge in [0.25, 0.3) is 5.91 Å². The summed E-state index contributed by atoms with van der Waals surface area (Å²) in [4.78, 5) is 25.2. The molecule has 0 aliphatic carbocycles. The Hall–Kier alpha value is -2.40. The van der Waals surface area contributed by atoms with E-state index in [9.17, 15) is 9.59 Å². The van der Waals surface area contributed by atoms with E-state index in [1.807, 2.05) is 19.1 Å². The maximum absolute atomic E-state index is 12.0. The van der Waals surface area contributed by atoms with Gasteiger partial charge in [-0.05, 0) is 43.3 Å². The van der Waals surface area contributed by atoms with Crippen molar-refractivity contribution in [3.8, 4) is 0 Å². The number of fused-ring (bicyclic) bond motifs is 1. The van der Waals surface area contributed by atoms with Crippen molar-refractivity contribution in [1.82, 2.24) is 0 Å². The summed E-state index contributed by atoms with van der Waals surface area (Å²) in [5, 5.41) is 11.8. The highest BCUT2D eigenvalue weighted by Crippen LogP contribution is 2.34. The maximum Gasteiger partial charge on any atom is 0.335 e. The number of hydrogen-bond acceptors (Lipinski definition) is 3. The highest BCUT2D eigenvalue weighted by Gasteiger charge is 2.25. The van der Waals surface area contributed by atoms with E-state index in [0.29, 0.717) is 16.8 Å². The summed E-state index contributed by atoms with van der Waals surface area (Å²) in [6, 6.07) is 8.57. The van der Waals surface area contributed by atoms with Crippen LogP contribution >= 0.6 is 11.3 Å². The number of aryl methyl sites for hydroxylation is 1. The predicted octanol–water partition coefficient (Wildman–Crippen LogP) is 3.25. The average molecular weight is 285 g/mol. The zero-order valence-electron chi connectivity index (χ0n) is 10.6. The van der Waals surface area contributed by atoms with Crippen LogP contribution in [0.15, 0.2) is 30.3 Å². The molecule has 2 aromatic rings. The quantitative estimate of drug-likeness (QED) is 0.832. The van der Waals surface area contributed by atoms with Crippen LogP contribution in [0, 0.1) is 6.92 Å². The van der Waals surface area contributed by atoms with Crippen LogP contribution in [0.4, 0.5) is 5.69 Å². The molecule has 5 heteroatoms. The summed E-state index contributed by atoms with van der Waals surface area (Å²) in [6.45, 7) is 2.00. The third-order valence-corrected chi connectivity index (χ3v) is 4.04. The van der Waals surface area contributed by atoms with Gasteiger partial charge in [-0.15, -0.1) is 11.3 Å². The van der Waals surface area contributed by atoms with Crippen LogP contribution in [0.3, 0.4) is 0 Å². The first kappa shape index (κ1) is 12.6. The lowest BCUT2D eigenvalue weighted by Crippen LogP contribution is -2.03. The number of amides is 1. The minimum atomic E-state index is -1.00. The van der Waals surface area contributed by atoms with E-state index in [2.05, 4.69) is 5.32 Å². The Balaban J connectivity index is 2.10.